The summed E-state index contributed by atoms with van der Waals surface area (Å²) in [6.45, 7) is 0. The van der Waals surface area contributed by atoms with E-state index in [2.05, 4.69) is 12.1 Å². The Balaban J connectivity index is 2.45. The predicted octanol–water partition coefficient (Wildman–Crippen LogP) is 3.66. The fraction of sp³-hybridized carbons (Fsp3) is 0.333. The van der Waals surface area contributed by atoms with Gasteiger partial charge in [0.2, 0.25) is 0 Å². The molecule has 0 bridgehead atoms. The number of hydrogen-bond acceptors (Lipinski definition) is 1. The molecule has 1 nitrogen and oxygen atoms in total. The zero-order chi connectivity index (χ0) is 9.97. The molecule has 0 saturated carbocycles. The number of benzene rings is 1. The Labute approximate surface area is 89.3 Å². The molecular formula is C12H13ClO. The van der Waals surface area contributed by atoms with E-state index in [4.69, 9.17) is 16.3 Å². The summed E-state index contributed by atoms with van der Waals surface area (Å²) in [4.78, 5) is 0. The van der Waals surface area contributed by atoms with Gasteiger partial charge in [0.25, 0.3) is 0 Å². The lowest BCUT2D eigenvalue weighted by Crippen LogP contribution is -2.01. The average Bonchev–Trinajstić information content (AvgIpc) is 2.18. The van der Waals surface area contributed by atoms with Crippen LogP contribution >= 0.6 is 11.6 Å². The lowest BCUT2D eigenvalue weighted by Gasteiger charge is -2.18. The van der Waals surface area contributed by atoms with E-state index < -0.39 is 0 Å². The van der Waals surface area contributed by atoms with Crippen LogP contribution < -0.4 is 0 Å². The molecule has 0 aliphatic heterocycles. The van der Waals surface area contributed by atoms with Crippen LogP contribution in [0.4, 0.5) is 0 Å². The molecule has 2 rings (SSSR count). The van der Waals surface area contributed by atoms with Gasteiger partial charge in [0, 0.05) is 5.02 Å². The van der Waals surface area contributed by atoms with Crippen molar-refractivity contribution < 1.29 is 4.74 Å². The highest BCUT2D eigenvalue weighted by Gasteiger charge is 2.14. The largest absolute Gasteiger partial charge is 0.504 e. The lowest BCUT2D eigenvalue weighted by molar-refractivity contribution is 0.338. The summed E-state index contributed by atoms with van der Waals surface area (Å²) in [7, 11) is 1.69. The normalized spacial score (nSPS) is 18.0. The van der Waals surface area contributed by atoms with E-state index in [9.17, 15) is 0 Å². The first-order valence-corrected chi connectivity index (χ1v) is 5.19. The molecule has 14 heavy (non-hydrogen) atoms. The Morgan fingerprint density at radius 2 is 2.21 bits per heavy atom. The van der Waals surface area contributed by atoms with Gasteiger partial charge >= 0.3 is 0 Å². The summed E-state index contributed by atoms with van der Waals surface area (Å²) in [5.74, 6) is 0. The highest BCUT2D eigenvalue weighted by Crippen LogP contribution is 2.32. The van der Waals surface area contributed by atoms with E-state index in [1.165, 1.54) is 23.1 Å². The molecule has 0 radical (unpaired) electrons. The maximum absolute atomic E-state index is 5.95. The molecule has 0 unspecified atom stereocenters. The van der Waals surface area contributed by atoms with Crippen LogP contribution in [0.3, 0.4) is 0 Å². The highest BCUT2D eigenvalue weighted by atomic mass is 35.5. The first-order chi connectivity index (χ1) is 6.81. The van der Waals surface area contributed by atoms with Crippen molar-refractivity contribution in [2.45, 2.75) is 19.3 Å². The maximum atomic E-state index is 5.95. The molecular weight excluding hydrogens is 196 g/mol. The van der Waals surface area contributed by atoms with Crippen molar-refractivity contribution in [2.75, 3.05) is 7.11 Å². The van der Waals surface area contributed by atoms with Crippen LogP contribution in [0.25, 0.3) is 5.57 Å². The Hall–Kier alpha value is -0.950. The van der Waals surface area contributed by atoms with Crippen molar-refractivity contribution in [1.29, 1.82) is 0 Å². The fourth-order valence-electron chi connectivity index (χ4n) is 1.95. The maximum Gasteiger partial charge on any atom is 0.0862 e. The van der Waals surface area contributed by atoms with Crippen molar-refractivity contribution >= 4 is 17.2 Å². The van der Waals surface area contributed by atoms with Gasteiger partial charge in [-0.3, -0.25) is 0 Å². The van der Waals surface area contributed by atoms with E-state index in [1.54, 1.807) is 7.11 Å². The number of fused-ring (bicyclic) bond motifs is 1. The molecule has 0 aromatic heterocycles. The third kappa shape index (κ3) is 1.78. The second kappa shape index (κ2) is 4.05. The molecule has 0 heterocycles. The van der Waals surface area contributed by atoms with Crippen LogP contribution in [0.5, 0.6) is 0 Å². The monoisotopic (exact) mass is 208 g/mol. The minimum absolute atomic E-state index is 0.822. The Morgan fingerprint density at radius 3 is 3.00 bits per heavy atom. The van der Waals surface area contributed by atoms with Crippen molar-refractivity contribution in [3.8, 4) is 0 Å². The van der Waals surface area contributed by atoms with Gasteiger partial charge in [-0.05, 0) is 48.1 Å². The summed E-state index contributed by atoms with van der Waals surface area (Å²) >= 11 is 5.95. The summed E-state index contributed by atoms with van der Waals surface area (Å²) in [5, 5.41) is 0.822. The van der Waals surface area contributed by atoms with Crippen molar-refractivity contribution in [3.05, 3.63) is 40.6 Å². The molecule has 0 atom stereocenters. The predicted molar refractivity (Wildman–Crippen MR) is 59.4 cm³/mol. The topological polar surface area (TPSA) is 9.23 Å². The van der Waals surface area contributed by atoms with E-state index in [-0.39, 0.29) is 0 Å². The van der Waals surface area contributed by atoms with Crippen molar-refractivity contribution in [3.63, 3.8) is 0 Å². The van der Waals surface area contributed by atoms with Crippen LogP contribution in [-0.2, 0) is 11.2 Å². The van der Waals surface area contributed by atoms with E-state index in [1.807, 2.05) is 12.3 Å². The molecule has 0 spiro atoms. The van der Waals surface area contributed by atoms with Gasteiger partial charge in [-0.2, -0.15) is 0 Å². The smallest absolute Gasteiger partial charge is 0.0862 e. The number of aryl methyl sites for hydroxylation is 1. The second-order valence-electron chi connectivity index (χ2n) is 3.53. The standard InChI is InChI=1S/C12H13ClO/c1-14-8-10-4-2-3-9-7-11(13)5-6-12(9)10/h5-8H,2-4H2,1H3/b10-8+. The Bertz CT molecular complexity index is 369. The van der Waals surface area contributed by atoms with Crippen LogP contribution in [0, 0.1) is 0 Å². The first kappa shape index (κ1) is 9.60. The quantitative estimate of drug-likeness (QED) is 0.640. The van der Waals surface area contributed by atoms with Crippen LogP contribution in [0.1, 0.15) is 24.0 Å². The third-order valence-corrected chi connectivity index (χ3v) is 2.80. The zero-order valence-electron chi connectivity index (χ0n) is 8.22. The zero-order valence-corrected chi connectivity index (χ0v) is 8.97. The molecule has 74 valence electrons. The van der Waals surface area contributed by atoms with Gasteiger partial charge in [-0.25, -0.2) is 0 Å². The van der Waals surface area contributed by atoms with Crippen LogP contribution in [0.15, 0.2) is 24.5 Å². The van der Waals surface area contributed by atoms with Gasteiger partial charge in [0.1, 0.15) is 0 Å². The van der Waals surface area contributed by atoms with Gasteiger partial charge in [0.05, 0.1) is 13.4 Å². The molecule has 0 saturated heterocycles. The minimum Gasteiger partial charge on any atom is -0.504 e. The first-order valence-electron chi connectivity index (χ1n) is 4.82. The minimum atomic E-state index is 0.822. The fourth-order valence-corrected chi connectivity index (χ4v) is 2.15. The van der Waals surface area contributed by atoms with Gasteiger partial charge in [-0.1, -0.05) is 17.7 Å². The molecule has 1 aromatic rings. The number of allylic oxidation sites excluding steroid dienone is 1. The Morgan fingerprint density at radius 1 is 1.36 bits per heavy atom. The van der Waals surface area contributed by atoms with Gasteiger partial charge in [0.15, 0.2) is 0 Å². The summed E-state index contributed by atoms with van der Waals surface area (Å²) in [6.07, 6.45) is 5.24. The third-order valence-electron chi connectivity index (χ3n) is 2.57. The number of rotatable bonds is 1. The SMILES string of the molecule is CO/C=C1\CCCc2cc(Cl)ccc21. The van der Waals surface area contributed by atoms with E-state index in [0.29, 0.717) is 0 Å². The number of halogens is 1. The summed E-state index contributed by atoms with van der Waals surface area (Å²) < 4.78 is 5.07. The van der Waals surface area contributed by atoms with E-state index in [0.717, 1.165) is 17.9 Å². The number of methoxy groups -OCH3 is 1. The molecule has 1 aromatic carbocycles. The van der Waals surface area contributed by atoms with E-state index >= 15 is 0 Å². The van der Waals surface area contributed by atoms with Crippen molar-refractivity contribution in [2.24, 2.45) is 0 Å². The second-order valence-corrected chi connectivity index (χ2v) is 3.97. The van der Waals surface area contributed by atoms with Crippen LogP contribution in [0.2, 0.25) is 5.02 Å². The van der Waals surface area contributed by atoms with Crippen molar-refractivity contribution in [1.82, 2.24) is 0 Å². The molecule has 0 N–H and O–H groups in total. The summed E-state index contributed by atoms with van der Waals surface area (Å²) in [5.41, 5.74) is 3.92. The molecule has 0 amide bonds. The van der Waals surface area contributed by atoms with Crippen LogP contribution in [-0.4, -0.2) is 7.11 Å². The lowest BCUT2D eigenvalue weighted by atomic mass is 9.88. The highest BCUT2D eigenvalue weighted by molar-refractivity contribution is 6.30. The summed E-state index contributed by atoms with van der Waals surface area (Å²) in [6, 6.07) is 6.08. The average molecular weight is 209 g/mol. The van der Waals surface area contributed by atoms with Gasteiger partial charge < -0.3 is 4.74 Å². The molecule has 2 heteroatoms. The molecule has 1 aliphatic rings. The number of ether oxygens (including phenoxy) is 1. The molecule has 1 aliphatic carbocycles. The Kier molecular flexibility index (Phi) is 2.78. The van der Waals surface area contributed by atoms with Gasteiger partial charge in [-0.15, -0.1) is 0 Å². The molecule has 0 fully saturated rings. The number of hydrogen-bond donors (Lipinski definition) is 0.